The number of para-hydroxylation sites is 1. The number of H-pyrrole nitrogens is 1. The molecule has 2 aromatic carbocycles. The highest BCUT2D eigenvalue weighted by Crippen LogP contribution is 2.24. The average Bonchev–Trinajstić information content (AvgIpc) is 3.33. The first-order valence-electron chi connectivity index (χ1n) is 8.62. The average molecular weight is 391 g/mol. The minimum atomic E-state index is -0.139. The zero-order chi connectivity index (χ0) is 19.5. The zero-order valence-corrected chi connectivity index (χ0v) is 15.9. The Bertz CT molecular complexity index is 1160. The van der Waals surface area contributed by atoms with Gasteiger partial charge in [-0.05, 0) is 24.3 Å². The number of hydrogen-bond donors (Lipinski definition) is 2. The Kier molecular flexibility index (Phi) is 4.94. The number of aromatic amines is 1. The highest BCUT2D eigenvalue weighted by Gasteiger charge is 2.15. The molecule has 7 nitrogen and oxygen atoms in total. The standard InChI is InChI=1S/C20H17N5O2S/c1-13(26)23-14-5-4-6-15(9-14)25-12-22-24-20(25)28-11-19(27)17-10-21-18-8-3-2-7-16(17)18/h2-10,12,21H,11H2,1H3,(H,23,26). The third-order valence-corrected chi connectivity index (χ3v) is 5.13. The lowest BCUT2D eigenvalue weighted by Crippen LogP contribution is -2.06. The number of nitrogens with one attached hydrogen (secondary N) is 2. The molecular formula is C20H17N5O2S. The summed E-state index contributed by atoms with van der Waals surface area (Å²) in [6.07, 6.45) is 3.33. The van der Waals surface area contributed by atoms with Crippen LogP contribution in [-0.4, -0.2) is 37.2 Å². The SMILES string of the molecule is CC(=O)Nc1cccc(-n2cnnc2SCC(=O)c2c[nH]c3ccccc23)c1. The lowest BCUT2D eigenvalue weighted by molar-refractivity contribution is -0.114. The van der Waals surface area contributed by atoms with Crippen LogP contribution in [0.3, 0.4) is 0 Å². The van der Waals surface area contributed by atoms with E-state index in [1.807, 2.05) is 48.5 Å². The number of fused-ring (bicyclic) bond motifs is 1. The van der Waals surface area contributed by atoms with Crippen molar-refractivity contribution in [2.75, 3.05) is 11.1 Å². The van der Waals surface area contributed by atoms with Gasteiger partial charge >= 0.3 is 0 Å². The molecule has 0 radical (unpaired) electrons. The van der Waals surface area contributed by atoms with Crippen LogP contribution in [-0.2, 0) is 4.79 Å². The molecule has 140 valence electrons. The topological polar surface area (TPSA) is 92.7 Å². The molecule has 0 aliphatic carbocycles. The summed E-state index contributed by atoms with van der Waals surface area (Å²) < 4.78 is 1.79. The predicted octanol–water partition coefficient (Wildman–Crippen LogP) is 3.68. The van der Waals surface area contributed by atoms with Gasteiger partial charge in [-0.1, -0.05) is 36.0 Å². The largest absolute Gasteiger partial charge is 0.360 e. The van der Waals surface area contributed by atoms with E-state index in [4.69, 9.17) is 0 Å². The van der Waals surface area contributed by atoms with Crippen LogP contribution in [0.4, 0.5) is 5.69 Å². The molecule has 4 rings (SSSR count). The van der Waals surface area contributed by atoms with Crippen LogP contribution in [0, 0.1) is 0 Å². The molecule has 0 saturated carbocycles. The van der Waals surface area contributed by atoms with E-state index in [-0.39, 0.29) is 17.4 Å². The van der Waals surface area contributed by atoms with Gasteiger partial charge in [-0.25, -0.2) is 0 Å². The van der Waals surface area contributed by atoms with Gasteiger partial charge in [0.2, 0.25) is 5.91 Å². The molecule has 0 atom stereocenters. The number of amides is 1. The molecule has 0 fully saturated rings. The van der Waals surface area contributed by atoms with Crippen molar-refractivity contribution in [3.05, 3.63) is 66.6 Å². The van der Waals surface area contributed by atoms with Crippen molar-refractivity contribution in [2.24, 2.45) is 0 Å². The second-order valence-corrected chi connectivity index (χ2v) is 7.12. The Labute approximate surface area is 165 Å². The number of Topliss-reactive ketones (excluding diaryl/α,β-unsaturated/α-hetero) is 1. The minimum Gasteiger partial charge on any atom is -0.360 e. The van der Waals surface area contributed by atoms with Crippen molar-refractivity contribution in [2.45, 2.75) is 12.1 Å². The second-order valence-electron chi connectivity index (χ2n) is 6.17. The molecule has 2 aromatic heterocycles. The van der Waals surface area contributed by atoms with Crippen LogP contribution in [0.25, 0.3) is 16.6 Å². The molecule has 2 heterocycles. The van der Waals surface area contributed by atoms with Crippen molar-refractivity contribution in [1.82, 2.24) is 19.7 Å². The summed E-state index contributed by atoms with van der Waals surface area (Å²) >= 11 is 1.32. The van der Waals surface area contributed by atoms with Crippen LogP contribution in [0.1, 0.15) is 17.3 Å². The van der Waals surface area contributed by atoms with Gasteiger partial charge < -0.3 is 10.3 Å². The van der Waals surface area contributed by atoms with Crippen molar-refractivity contribution in [3.8, 4) is 5.69 Å². The van der Waals surface area contributed by atoms with Crippen molar-refractivity contribution < 1.29 is 9.59 Å². The van der Waals surface area contributed by atoms with Crippen molar-refractivity contribution in [3.63, 3.8) is 0 Å². The third-order valence-electron chi connectivity index (χ3n) is 4.18. The number of carbonyl (C=O) groups is 2. The van der Waals surface area contributed by atoms with Gasteiger partial charge in [0.25, 0.3) is 0 Å². The summed E-state index contributed by atoms with van der Waals surface area (Å²) in [6, 6.07) is 15.1. The highest BCUT2D eigenvalue weighted by atomic mass is 32.2. The van der Waals surface area contributed by atoms with Gasteiger partial charge in [-0.2, -0.15) is 0 Å². The molecular weight excluding hydrogens is 374 g/mol. The van der Waals surface area contributed by atoms with Crippen LogP contribution in [0.2, 0.25) is 0 Å². The Balaban J connectivity index is 1.52. The number of nitrogens with zero attached hydrogens (tertiary/aromatic N) is 3. The predicted molar refractivity (Wildman–Crippen MR) is 109 cm³/mol. The number of hydrogen-bond acceptors (Lipinski definition) is 5. The molecule has 0 aliphatic heterocycles. The summed E-state index contributed by atoms with van der Waals surface area (Å²) in [6.45, 7) is 1.46. The number of rotatable bonds is 6. The minimum absolute atomic E-state index is 0.0176. The molecule has 0 unspecified atom stereocenters. The molecule has 0 bridgehead atoms. The highest BCUT2D eigenvalue weighted by molar-refractivity contribution is 7.99. The third kappa shape index (κ3) is 3.67. The lowest BCUT2D eigenvalue weighted by atomic mass is 10.1. The molecule has 0 spiro atoms. The number of anilines is 1. The maximum atomic E-state index is 12.7. The van der Waals surface area contributed by atoms with Gasteiger partial charge in [0.05, 0.1) is 11.4 Å². The molecule has 0 aliphatic rings. The number of aromatic nitrogens is 4. The fourth-order valence-corrected chi connectivity index (χ4v) is 3.76. The molecule has 8 heteroatoms. The van der Waals surface area contributed by atoms with E-state index in [1.54, 1.807) is 17.1 Å². The summed E-state index contributed by atoms with van der Waals surface area (Å²) in [4.78, 5) is 27.1. The smallest absolute Gasteiger partial charge is 0.221 e. The maximum Gasteiger partial charge on any atom is 0.221 e. The van der Waals surface area contributed by atoms with E-state index in [2.05, 4.69) is 20.5 Å². The Morgan fingerprint density at radius 3 is 2.89 bits per heavy atom. The molecule has 2 N–H and O–H groups in total. The second kappa shape index (κ2) is 7.69. The molecule has 1 amide bonds. The van der Waals surface area contributed by atoms with Crippen LogP contribution >= 0.6 is 11.8 Å². The molecule has 4 aromatic rings. The number of ketones is 1. The van der Waals surface area contributed by atoms with E-state index in [0.717, 1.165) is 16.6 Å². The van der Waals surface area contributed by atoms with E-state index < -0.39 is 0 Å². The fourth-order valence-electron chi connectivity index (χ4n) is 2.95. The first-order valence-corrected chi connectivity index (χ1v) is 9.60. The van der Waals surface area contributed by atoms with Crippen LogP contribution in [0.5, 0.6) is 0 Å². The van der Waals surface area contributed by atoms with Crippen molar-refractivity contribution in [1.29, 1.82) is 0 Å². The first kappa shape index (κ1) is 18.0. The Hall–Kier alpha value is -3.39. The lowest BCUT2D eigenvalue weighted by Gasteiger charge is -2.08. The van der Waals surface area contributed by atoms with E-state index in [9.17, 15) is 9.59 Å². The van der Waals surface area contributed by atoms with Gasteiger partial charge in [0, 0.05) is 35.3 Å². The number of benzene rings is 2. The zero-order valence-electron chi connectivity index (χ0n) is 15.0. The van der Waals surface area contributed by atoms with Gasteiger partial charge in [0.15, 0.2) is 10.9 Å². The summed E-state index contributed by atoms with van der Waals surface area (Å²) in [5.74, 6) is 0.121. The maximum absolute atomic E-state index is 12.7. The Morgan fingerprint density at radius 2 is 2.04 bits per heavy atom. The Morgan fingerprint density at radius 1 is 1.18 bits per heavy atom. The molecule has 0 saturated heterocycles. The number of thioether (sulfide) groups is 1. The van der Waals surface area contributed by atoms with Gasteiger partial charge in [-0.15, -0.1) is 10.2 Å². The summed E-state index contributed by atoms with van der Waals surface area (Å²) in [7, 11) is 0. The van der Waals surface area contributed by atoms with Gasteiger partial charge in [0.1, 0.15) is 6.33 Å². The van der Waals surface area contributed by atoms with Crippen molar-refractivity contribution >= 4 is 40.0 Å². The monoisotopic (exact) mass is 391 g/mol. The summed E-state index contributed by atoms with van der Waals surface area (Å²) in [5.41, 5.74) is 3.10. The van der Waals surface area contributed by atoms with E-state index in [0.29, 0.717) is 16.4 Å². The first-order chi connectivity index (χ1) is 13.6. The van der Waals surface area contributed by atoms with E-state index in [1.165, 1.54) is 18.7 Å². The van der Waals surface area contributed by atoms with Crippen LogP contribution in [0.15, 0.2) is 66.2 Å². The normalized spacial score (nSPS) is 10.9. The number of carbonyl (C=O) groups excluding carboxylic acids is 2. The van der Waals surface area contributed by atoms with Crippen LogP contribution < -0.4 is 5.32 Å². The molecule has 28 heavy (non-hydrogen) atoms. The van der Waals surface area contributed by atoms with Gasteiger partial charge in [-0.3, -0.25) is 14.2 Å². The quantitative estimate of drug-likeness (QED) is 0.386. The summed E-state index contributed by atoms with van der Waals surface area (Å²) in [5, 5.41) is 12.4. The van der Waals surface area contributed by atoms with E-state index >= 15 is 0 Å². The fraction of sp³-hybridized carbons (Fsp3) is 0.100.